The molecule has 224 valence electrons. The fourth-order valence-corrected chi connectivity index (χ4v) is 4.93. The Kier molecular flexibility index (Phi) is 9.43. The maximum absolute atomic E-state index is 12.1. The number of urea groups is 1. The monoisotopic (exact) mass is 568 g/mol. The Balaban J connectivity index is 1.42. The van der Waals surface area contributed by atoms with Crippen LogP contribution < -0.4 is 16.8 Å². The van der Waals surface area contributed by atoms with Crippen molar-refractivity contribution in [3.63, 3.8) is 0 Å². The van der Waals surface area contributed by atoms with Crippen molar-refractivity contribution in [2.45, 2.75) is 105 Å². The standard InChI is InChI=1S/C21H36N4O14/c22-9-13(31)11(29)6(36-19(9)39-20-10(23)14(32)12(30)7(4-26)37-20)3-5(27)17-15(33)16(34)18(38-17)25-2-1-8(28)24-21(25)35/h1-2,5-20,26-34H,3-4,22-23H2,(H,24,35)/t5-,6-,7?,8?,9-,10?,11?,12-,13?,14?,15+,16-,17-,18-,19?,20-/m1/s1. The van der Waals surface area contributed by atoms with Crippen LogP contribution in [-0.4, -0.2) is 162 Å². The number of ether oxygens (including phenoxy) is 4. The number of nitrogens with one attached hydrogen (secondary N) is 1. The van der Waals surface area contributed by atoms with Gasteiger partial charge >= 0.3 is 6.03 Å². The number of hydrogen-bond acceptors (Lipinski definition) is 16. The third-order valence-electron chi connectivity index (χ3n) is 7.28. The van der Waals surface area contributed by atoms with Gasteiger partial charge in [0, 0.05) is 12.6 Å². The van der Waals surface area contributed by atoms with Gasteiger partial charge in [0.05, 0.1) is 30.9 Å². The van der Waals surface area contributed by atoms with Crippen molar-refractivity contribution in [2.24, 2.45) is 11.5 Å². The van der Waals surface area contributed by atoms with E-state index >= 15 is 0 Å². The molecule has 18 nitrogen and oxygen atoms in total. The molecule has 16 atom stereocenters. The molecule has 4 rings (SSSR count). The van der Waals surface area contributed by atoms with E-state index in [2.05, 4.69) is 5.32 Å². The minimum atomic E-state index is -1.69. The number of amides is 2. The van der Waals surface area contributed by atoms with E-state index in [1.807, 2.05) is 0 Å². The molecule has 0 aliphatic carbocycles. The maximum Gasteiger partial charge on any atom is 0.325 e. The van der Waals surface area contributed by atoms with Crippen LogP contribution in [0.15, 0.2) is 12.3 Å². The predicted molar refractivity (Wildman–Crippen MR) is 122 cm³/mol. The maximum atomic E-state index is 12.1. The van der Waals surface area contributed by atoms with Crippen LogP contribution in [0.2, 0.25) is 0 Å². The number of hydrogen-bond donors (Lipinski definition) is 12. The van der Waals surface area contributed by atoms with Gasteiger partial charge < -0.3 is 81.7 Å². The van der Waals surface area contributed by atoms with E-state index in [-0.39, 0.29) is 0 Å². The molecular weight excluding hydrogens is 532 g/mol. The van der Waals surface area contributed by atoms with Gasteiger partial charge in [-0.15, -0.1) is 0 Å². The van der Waals surface area contributed by atoms with Crippen LogP contribution in [0, 0.1) is 0 Å². The van der Waals surface area contributed by atoms with E-state index in [9.17, 15) is 50.8 Å². The number of nitrogens with two attached hydrogens (primary N) is 2. The van der Waals surface area contributed by atoms with Crippen LogP contribution in [0.1, 0.15) is 6.42 Å². The van der Waals surface area contributed by atoms with E-state index in [0.717, 1.165) is 11.1 Å². The summed E-state index contributed by atoms with van der Waals surface area (Å²) in [5.74, 6) is 0. The summed E-state index contributed by atoms with van der Waals surface area (Å²) in [5, 5.41) is 93.9. The number of carbonyl (C=O) groups is 1. The highest BCUT2D eigenvalue weighted by Gasteiger charge is 2.52. The fraction of sp³-hybridized carbons (Fsp3) is 0.857. The molecule has 14 N–H and O–H groups in total. The molecule has 0 aromatic rings. The third kappa shape index (κ3) is 5.91. The summed E-state index contributed by atoms with van der Waals surface area (Å²) >= 11 is 0. The van der Waals surface area contributed by atoms with Crippen LogP contribution in [-0.2, 0) is 18.9 Å². The minimum absolute atomic E-state index is 0.481. The van der Waals surface area contributed by atoms with Crippen LogP contribution in [0.3, 0.4) is 0 Å². The molecular formula is C21H36N4O14. The van der Waals surface area contributed by atoms with Crippen LogP contribution >= 0.6 is 0 Å². The first-order valence-electron chi connectivity index (χ1n) is 12.3. The molecule has 0 saturated carbocycles. The summed E-state index contributed by atoms with van der Waals surface area (Å²) in [6.45, 7) is -0.676. The van der Waals surface area contributed by atoms with Gasteiger partial charge in [-0.1, -0.05) is 0 Å². The number of nitrogens with zero attached hydrogens (tertiary/aromatic N) is 1. The number of aliphatic hydroxyl groups excluding tert-OH is 9. The van der Waals surface area contributed by atoms with E-state index in [1.165, 1.54) is 6.08 Å². The summed E-state index contributed by atoms with van der Waals surface area (Å²) in [7, 11) is 0. The molecule has 3 saturated heterocycles. The third-order valence-corrected chi connectivity index (χ3v) is 7.28. The number of aliphatic hydroxyl groups is 9. The summed E-state index contributed by atoms with van der Waals surface area (Å²) in [4.78, 5) is 13.0. The van der Waals surface area contributed by atoms with Crippen LogP contribution in [0.25, 0.3) is 0 Å². The van der Waals surface area contributed by atoms with Crippen molar-refractivity contribution in [2.75, 3.05) is 6.61 Å². The van der Waals surface area contributed by atoms with Crippen molar-refractivity contribution < 1.29 is 69.7 Å². The van der Waals surface area contributed by atoms with Gasteiger partial charge in [-0.2, -0.15) is 0 Å². The summed E-state index contributed by atoms with van der Waals surface area (Å²) in [6.07, 6.45) is -19.2. The molecule has 0 aromatic heterocycles. The molecule has 4 aliphatic heterocycles. The van der Waals surface area contributed by atoms with Crippen molar-refractivity contribution >= 4 is 6.03 Å². The van der Waals surface area contributed by atoms with Gasteiger partial charge in [0.25, 0.3) is 0 Å². The highest BCUT2D eigenvalue weighted by molar-refractivity contribution is 5.77. The quantitative estimate of drug-likeness (QED) is 0.136. The molecule has 0 bridgehead atoms. The predicted octanol–water partition coefficient (Wildman–Crippen LogP) is -7.40. The molecule has 2 amide bonds. The van der Waals surface area contributed by atoms with Gasteiger partial charge in [-0.05, 0) is 6.08 Å². The van der Waals surface area contributed by atoms with Crippen LogP contribution in [0.4, 0.5) is 4.79 Å². The van der Waals surface area contributed by atoms with E-state index in [0.29, 0.717) is 0 Å². The highest BCUT2D eigenvalue weighted by Crippen LogP contribution is 2.32. The van der Waals surface area contributed by atoms with Gasteiger partial charge in [-0.3, -0.25) is 4.90 Å². The largest absolute Gasteiger partial charge is 0.394 e. The van der Waals surface area contributed by atoms with Gasteiger partial charge in [0.2, 0.25) is 0 Å². The van der Waals surface area contributed by atoms with Gasteiger partial charge in [0.15, 0.2) is 18.8 Å². The average molecular weight is 569 g/mol. The molecule has 0 spiro atoms. The Morgan fingerprint density at radius 1 is 0.872 bits per heavy atom. The minimum Gasteiger partial charge on any atom is -0.394 e. The van der Waals surface area contributed by atoms with Crippen molar-refractivity contribution in [3.05, 3.63) is 12.3 Å². The van der Waals surface area contributed by atoms with E-state index in [1.54, 1.807) is 0 Å². The summed E-state index contributed by atoms with van der Waals surface area (Å²) < 4.78 is 22.2. The van der Waals surface area contributed by atoms with E-state index in [4.69, 9.17) is 30.4 Å². The normalized spacial score (nSPS) is 49.7. The Bertz CT molecular complexity index is 886. The molecule has 7 unspecified atom stereocenters. The number of carbonyl (C=O) groups excluding carboxylic acids is 1. The molecule has 4 heterocycles. The lowest BCUT2D eigenvalue weighted by Crippen LogP contribution is -2.67. The SMILES string of the molecule is NC1C(O)[C@H](O)C(CO)O[C@@H]1OC1O[C@H](C[C@@H](O)[C@H]2O[C@@H](N3C=CC(O)NC3=O)[C@H](O)[C@@H]2O)C(O)C(O)[C@H]1N. The topological polar surface area (TPSA) is 303 Å². The summed E-state index contributed by atoms with van der Waals surface area (Å²) in [5.41, 5.74) is 11.8. The molecule has 39 heavy (non-hydrogen) atoms. The van der Waals surface area contributed by atoms with E-state index < -0.39 is 117 Å². The first kappa shape index (κ1) is 30.4. The smallest absolute Gasteiger partial charge is 0.325 e. The second kappa shape index (κ2) is 12.1. The molecule has 0 radical (unpaired) electrons. The van der Waals surface area contributed by atoms with Crippen molar-refractivity contribution in [3.8, 4) is 0 Å². The lowest BCUT2D eigenvalue weighted by molar-refractivity contribution is -0.343. The summed E-state index contributed by atoms with van der Waals surface area (Å²) in [6, 6.07) is -3.50. The van der Waals surface area contributed by atoms with Crippen molar-refractivity contribution in [1.82, 2.24) is 10.2 Å². The first-order chi connectivity index (χ1) is 18.3. The van der Waals surface area contributed by atoms with Gasteiger partial charge in [-0.25, -0.2) is 4.79 Å². The average Bonchev–Trinajstić information content (AvgIpc) is 3.19. The fourth-order valence-electron chi connectivity index (χ4n) is 4.93. The molecule has 0 aromatic carbocycles. The second-order valence-corrected chi connectivity index (χ2v) is 9.94. The highest BCUT2D eigenvalue weighted by atomic mass is 16.8. The Hall–Kier alpha value is -1.59. The zero-order chi connectivity index (χ0) is 28.8. The zero-order valence-corrected chi connectivity index (χ0v) is 20.5. The molecule has 4 aliphatic rings. The number of rotatable bonds is 7. The Labute approximate surface area is 221 Å². The lowest BCUT2D eigenvalue weighted by atomic mass is 9.91. The Morgan fingerprint density at radius 3 is 2.00 bits per heavy atom. The zero-order valence-electron chi connectivity index (χ0n) is 20.5. The lowest BCUT2D eigenvalue weighted by Gasteiger charge is -2.46. The second-order valence-electron chi connectivity index (χ2n) is 9.94. The molecule has 18 heteroatoms. The first-order valence-corrected chi connectivity index (χ1v) is 12.3. The van der Waals surface area contributed by atoms with Crippen LogP contribution in [0.5, 0.6) is 0 Å². The molecule has 3 fully saturated rings. The van der Waals surface area contributed by atoms with Crippen molar-refractivity contribution in [1.29, 1.82) is 0 Å². The van der Waals surface area contributed by atoms with Gasteiger partial charge in [0.1, 0.15) is 55.1 Å². The Morgan fingerprint density at radius 2 is 1.44 bits per heavy atom.